The first-order valence-electron chi connectivity index (χ1n) is 5.05. The van der Waals surface area contributed by atoms with Gasteiger partial charge in [-0.3, -0.25) is 9.69 Å². The number of rotatable bonds is 4. The van der Waals surface area contributed by atoms with Crippen molar-refractivity contribution >= 4 is 11.8 Å². The van der Waals surface area contributed by atoms with Gasteiger partial charge >= 0.3 is 0 Å². The van der Waals surface area contributed by atoms with Crippen molar-refractivity contribution in [2.75, 3.05) is 18.6 Å². The van der Waals surface area contributed by atoms with Crippen LogP contribution in [0.2, 0.25) is 0 Å². The van der Waals surface area contributed by atoms with E-state index < -0.39 is 0 Å². The average molecular weight is 211 g/mol. The maximum atomic E-state index is 11.8. The zero-order valence-electron chi connectivity index (χ0n) is 9.36. The minimum atomic E-state index is -0.347. The van der Waals surface area contributed by atoms with Crippen molar-refractivity contribution in [1.29, 1.82) is 0 Å². The molecule has 0 fully saturated rings. The van der Waals surface area contributed by atoms with Crippen molar-refractivity contribution < 1.29 is 14.3 Å². The summed E-state index contributed by atoms with van der Waals surface area (Å²) >= 11 is 0. The third-order valence-corrected chi connectivity index (χ3v) is 2.45. The number of anilines is 1. The molecule has 15 heavy (non-hydrogen) atoms. The molecule has 1 amide bonds. The normalized spacial score (nSPS) is 12.5. The summed E-state index contributed by atoms with van der Waals surface area (Å²) < 4.78 is 5.33. The van der Waals surface area contributed by atoms with E-state index in [-0.39, 0.29) is 18.4 Å². The Balaban J connectivity index is 2.76. The largest absolute Gasteiger partial charge is 0.445 e. The fourth-order valence-electron chi connectivity index (χ4n) is 1.37. The zero-order chi connectivity index (χ0) is 11.4. The Labute approximate surface area is 89.5 Å². The first-order chi connectivity index (χ1) is 7.10. The Morgan fingerprint density at radius 2 is 2.27 bits per heavy atom. The van der Waals surface area contributed by atoms with Crippen LogP contribution in [0.1, 0.15) is 19.1 Å². The van der Waals surface area contributed by atoms with Crippen LogP contribution in [0, 0.1) is 12.8 Å². The molecule has 0 aliphatic carbocycles. The number of furan rings is 1. The monoisotopic (exact) mass is 211 g/mol. The van der Waals surface area contributed by atoms with E-state index >= 15 is 0 Å². The van der Waals surface area contributed by atoms with Gasteiger partial charge in [0.15, 0.2) is 0 Å². The van der Waals surface area contributed by atoms with Crippen LogP contribution in [0.4, 0.5) is 5.88 Å². The first kappa shape index (κ1) is 11.8. The molecule has 0 saturated heterocycles. The topological polar surface area (TPSA) is 53.7 Å². The third kappa shape index (κ3) is 2.59. The van der Waals surface area contributed by atoms with Crippen LogP contribution in [-0.2, 0) is 4.79 Å². The van der Waals surface area contributed by atoms with Gasteiger partial charge in [0.25, 0.3) is 0 Å². The molecule has 0 aliphatic heterocycles. The lowest BCUT2D eigenvalue weighted by Gasteiger charge is -2.19. The van der Waals surface area contributed by atoms with Crippen molar-refractivity contribution in [3.63, 3.8) is 0 Å². The molecular weight excluding hydrogens is 194 g/mol. The highest BCUT2D eigenvalue weighted by Gasteiger charge is 2.22. The van der Waals surface area contributed by atoms with Crippen LogP contribution in [0.3, 0.4) is 0 Å². The van der Waals surface area contributed by atoms with E-state index in [9.17, 15) is 4.79 Å². The van der Waals surface area contributed by atoms with Gasteiger partial charge in [0.05, 0.1) is 12.5 Å². The lowest BCUT2D eigenvalue weighted by atomic mass is 10.1. The molecule has 0 radical (unpaired) electrons. The predicted octanol–water partition coefficient (Wildman–Crippen LogP) is 1.57. The number of carbonyl (C=O) groups is 1. The highest BCUT2D eigenvalue weighted by molar-refractivity contribution is 5.93. The summed E-state index contributed by atoms with van der Waals surface area (Å²) in [5.74, 6) is 0.820. The van der Waals surface area contributed by atoms with E-state index in [1.54, 1.807) is 19.2 Å². The summed E-state index contributed by atoms with van der Waals surface area (Å²) in [7, 11) is 1.65. The van der Waals surface area contributed by atoms with Crippen LogP contribution in [0.25, 0.3) is 0 Å². The molecule has 1 rings (SSSR count). The van der Waals surface area contributed by atoms with E-state index in [0.717, 1.165) is 5.76 Å². The smallest absolute Gasteiger partial charge is 0.234 e. The Bertz CT molecular complexity index is 328. The molecule has 0 aromatic carbocycles. The predicted molar refractivity (Wildman–Crippen MR) is 57.7 cm³/mol. The van der Waals surface area contributed by atoms with Gasteiger partial charge < -0.3 is 9.52 Å². The molecule has 1 atom stereocenters. The molecular formula is C11H17NO3. The SMILES string of the molecule is CCC(CO)C(=O)N(C)c1ccc(C)o1. The van der Waals surface area contributed by atoms with Gasteiger partial charge in [-0.1, -0.05) is 6.92 Å². The summed E-state index contributed by atoms with van der Waals surface area (Å²) in [5.41, 5.74) is 0. The fraction of sp³-hybridized carbons (Fsp3) is 0.545. The molecule has 1 unspecified atom stereocenters. The van der Waals surface area contributed by atoms with Gasteiger partial charge in [0.2, 0.25) is 11.8 Å². The number of hydrogen-bond acceptors (Lipinski definition) is 3. The molecule has 1 aromatic heterocycles. The Morgan fingerprint density at radius 1 is 1.60 bits per heavy atom. The van der Waals surface area contributed by atoms with E-state index in [1.165, 1.54) is 4.90 Å². The van der Waals surface area contributed by atoms with Gasteiger partial charge in [-0.15, -0.1) is 0 Å². The van der Waals surface area contributed by atoms with E-state index in [0.29, 0.717) is 12.3 Å². The van der Waals surface area contributed by atoms with Crippen LogP contribution < -0.4 is 4.90 Å². The highest BCUT2D eigenvalue weighted by Crippen LogP contribution is 2.19. The van der Waals surface area contributed by atoms with Gasteiger partial charge in [-0.05, 0) is 19.4 Å². The summed E-state index contributed by atoms with van der Waals surface area (Å²) in [5, 5.41) is 9.02. The second-order valence-electron chi connectivity index (χ2n) is 3.57. The molecule has 0 saturated carbocycles. The van der Waals surface area contributed by atoms with E-state index in [1.807, 2.05) is 13.8 Å². The van der Waals surface area contributed by atoms with E-state index in [4.69, 9.17) is 9.52 Å². The Hall–Kier alpha value is -1.29. The highest BCUT2D eigenvalue weighted by atomic mass is 16.4. The summed E-state index contributed by atoms with van der Waals surface area (Å²) in [6.07, 6.45) is 0.624. The van der Waals surface area contributed by atoms with Crippen molar-refractivity contribution in [2.24, 2.45) is 5.92 Å². The number of aliphatic hydroxyl groups is 1. The minimum absolute atomic E-state index is 0.116. The molecule has 4 heteroatoms. The van der Waals surface area contributed by atoms with Crippen LogP contribution in [0.5, 0.6) is 0 Å². The number of nitrogens with zero attached hydrogens (tertiary/aromatic N) is 1. The van der Waals surface area contributed by atoms with Crippen molar-refractivity contribution in [2.45, 2.75) is 20.3 Å². The number of aliphatic hydroxyl groups excluding tert-OH is 1. The average Bonchev–Trinajstić information content (AvgIpc) is 2.65. The van der Waals surface area contributed by atoms with Gasteiger partial charge in [-0.2, -0.15) is 0 Å². The molecule has 0 aliphatic rings. The zero-order valence-corrected chi connectivity index (χ0v) is 9.36. The number of amides is 1. The van der Waals surface area contributed by atoms with Gasteiger partial charge in [0.1, 0.15) is 5.76 Å². The molecule has 1 aromatic rings. The molecule has 0 bridgehead atoms. The van der Waals surface area contributed by atoms with Crippen LogP contribution in [0.15, 0.2) is 16.5 Å². The number of aryl methyl sites for hydroxylation is 1. The van der Waals surface area contributed by atoms with Gasteiger partial charge in [-0.25, -0.2) is 0 Å². The molecule has 84 valence electrons. The van der Waals surface area contributed by atoms with Crippen molar-refractivity contribution in [3.8, 4) is 0 Å². The summed E-state index contributed by atoms with van der Waals surface area (Å²) in [6, 6.07) is 3.55. The van der Waals surface area contributed by atoms with E-state index in [2.05, 4.69) is 0 Å². The minimum Gasteiger partial charge on any atom is -0.445 e. The van der Waals surface area contributed by atoms with Crippen LogP contribution >= 0.6 is 0 Å². The third-order valence-electron chi connectivity index (χ3n) is 2.45. The standard InChI is InChI=1S/C11H17NO3/c1-4-9(7-13)11(14)12(3)10-6-5-8(2)15-10/h5-6,9,13H,4,7H2,1-3H3. The quantitative estimate of drug-likeness (QED) is 0.822. The molecule has 0 spiro atoms. The van der Waals surface area contributed by atoms with Crippen molar-refractivity contribution in [1.82, 2.24) is 0 Å². The lowest BCUT2D eigenvalue weighted by Crippen LogP contribution is -2.34. The summed E-state index contributed by atoms with van der Waals surface area (Å²) in [4.78, 5) is 13.3. The second-order valence-corrected chi connectivity index (χ2v) is 3.57. The Kier molecular flexibility index (Phi) is 3.91. The first-order valence-corrected chi connectivity index (χ1v) is 5.05. The summed E-state index contributed by atoms with van der Waals surface area (Å²) in [6.45, 7) is 3.57. The van der Waals surface area contributed by atoms with Crippen molar-refractivity contribution in [3.05, 3.63) is 17.9 Å². The molecule has 1 N–H and O–H groups in total. The van der Waals surface area contributed by atoms with Crippen LogP contribution in [-0.4, -0.2) is 24.7 Å². The maximum Gasteiger partial charge on any atom is 0.234 e. The second kappa shape index (κ2) is 4.98. The fourth-order valence-corrected chi connectivity index (χ4v) is 1.37. The number of carbonyl (C=O) groups excluding carboxylic acids is 1. The molecule has 4 nitrogen and oxygen atoms in total. The number of hydrogen-bond donors (Lipinski definition) is 1. The molecule has 1 heterocycles. The lowest BCUT2D eigenvalue weighted by molar-refractivity contribution is -0.123. The van der Waals surface area contributed by atoms with Gasteiger partial charge in [0, 0.05) is 13.1 Å². The maximum absolute atomic E-state index is 11.8. The Morgan fingerprint density at radius 3 is 2.67 bits per heavy atom.